The van der Waals surface area contributed by atoms with Gasteiger partial charge < -0.3 is 29.2 Å². The zero-order chi connectivity index (χ0) is 29.9. The number of halogens is 1. The molecule has 220 valence electrons. The van der Waals surface area contributed by atoms with E-state index in [-0.39, 0.29) is 31.8 Å². The summed E-state index contributed by atoms with van der Waals surface area (Å²) in [5.41, 5.74) is 3.18. The van der Waals surface area contributed by atoms with Crippen LogP contribution in [0.25, 0.3) is 0 Å². The lowest BCUT2D eigenvalue weighted by Crippen LogP contribution is -2.41. The SMILES string of the molecule is Cc1cc(C)nc(SCC(=O)N(Cc2ccc(F)cc2)[C@H](C(=O)Nc2ccc3c(c2)OCO3)c2ccc3c(c2)OCO3)n1. The number of aryl methyl sites for hydroxylation is 2. The third-order valence-electron chi connectivity index (χ3n) is 6.79. The first-order valence-electron chi connectivity index (χ1n) is 13.4. The van der Waals surface area contributed by atoms with Gasteiger partial charge in [0.15, 0.2) is 28.2 Å². The topological polar surface area (TPSA) is 112 Å². The average Bonchev–Trinajstić information content (AvgIpc) is 3.65. The predicted octanol–water partition coefficient (Wildman–Crippen LogP) is 5.19. The van der Waals surface area contributed by atoms with Crippen LogP contribution in [0.2, 0.25) is 0 Å². The Morgan fingerprint density at radius 2 is 1.49 bits per heavy atom. The highest BCUT2D eigenvalue weighted by Crippen LogP contribution is 2.38. The van der Waals surface area contributed by atoms with Gasteiger partial charge in [0.25, 0.3) is 5.91 Å². The molecule has 1 N–H and O–H groups in total. The predicted molar refractivity (Wildman–Crippen MR) is 156 cm³/mol. The summed E-state index contributed by atoms with van der Waals surface area (Å²) in [4.78, 5) is 38.5. The fourth-order valence-electron chi connectivity index (χ4n) is 4.82. The Balaban J connectivity index is 1.36. The van der Waals surface area contributed by atoms with Gasteiger partial charge in [0, 0.05) is 29.7 Å². The first kappa shape index (κ1) is 28.3. The zero-order valence-electron chi connectivity index (χ0n) is 23.3. The monoisotopic (exact) mass is 602 g/mol. The first-order chi connectivity index (χ1) is 20.8. The number of aromatic nitrogens is 2. The van der Waals surface area contributed by atoms with Gasteiger partial charge in [-0.2, -0.15) is 0 Å². The highest BCUT2D eigenvalue weighted by Gasteiger charge is 2.33. The third kappa shape index (κ3) is 6.49. The fourth-order valence-corrected chi connectivity index (χ4v) is 5.65. The summed E-state index contributed by atoms with van der Waals surface area (Å²) in [5.74, 6) is 0.815. The Hall–Kier alpha value is -4.84. The summed E-state index contributed by atoms with van der Waals surface area (Å²) in [7, 11) is 0. The third-order valence-corrected chi connectivity index (χ3v) is 7.62. The summed E-state index contributed by atoms with van der Waals surface area (Å²) >= 11 is 1.18. The normalized spacial score (nSPS) is 13.5. The average molecular weight is 603 g/mol. The Morgan fingerprint density at radius 3 is 2.19 bits per heavy atom. The van der Waals surface area contributed by atoms with E-state index in [1.807, 2.05) is 19.9 Å². The van der Waals surface area contributed by atoms with Crippen molar-refractivity contribution in [3.05, 3.63) is 95.1 Å². The molecule has 3 heterocycles. The molecule has 0 saturated heterocycles. The Morgan fingerprint density at radius 1 is 0.860 bits per heavy atom. The summed E-state index contributed by atoms with van der Waals surface area (Å²) in [5, 5.41) is 3.38. The van der Waals surface area contributed by atoms with Crippen LogP contribution in [0.1, 0.15) is 28.6 Å². The van der Waals surface area contributed by atoms with E-state index >= 15 is 0 Å². The minimum Gasteiger partial charge on any atom is -0.454 e. The molecule has 0 radical (unpaired) electrons. The summed E-state index contributed by atoms with van der Waals surface area (Å²) in [6, 6.07) is 16.7. The first-order valence-corrected chi connectivity index (χ1v) is 14.4. The number of nitrogens with zero attached hydrogens (tertiary/aromatic N) is 3. The van der Waals surface area contributed by atoms with E-state index in [1.54, 1.807) is 48.5 Å². The van der Waals surface area contributed by atoms with E-state index in [2.05, 4.69) is 15.3 Å². The van der Waals surface area contributed by atoms with Crippen molar-refractivity contribution in [2.45, 2.75) is 31.6 Å². The maximum atomic E-state index is 14.1. The van der Waals surface area contributed by atoms with Gasteiger partial charge in [-0.1, -0.05) is 30.0 Å². The van der Waals surface area contributed by atoms with Crippen molar-refractivity contribution in [2.75, 3.05) is 24.7 Å². The molecule has 2 aliphatic rings. The maximum absolute atomic E-state index is 14.1. The van der Waals surface area contributed by atoms with E-state index in [4.69, 9.17) is 18.9 Å². The number of benzene rings is 3. The van der Waals surface area contributed by atoms with Gasteiger partial charge in [0.05, 0.1) is 5.75 Å². The molecule has 43 heavy (non-hydrogen) atoms. The molecule has 0 spiro atoms. The van der Waals surface area contributed by atoms with E-state index in [1.165, 1.54) is 28.8 Å². The van der Waals surface area contributed by atoms with Crippen LogP contribution >= 0.6 is 11.8 Å². The molecule has 4 aromatic rings. The van der Waals surface area contributed by atoms with Crippen LogP contribution in [-0.2, 0) is 16.1 Å². The molecule has 0 saturated carbocycles. The number of carbonyl (C=O) groups is 2. The molecule has 10 nitrogen and oxygen atoms in total. The van der Waals surface area contributed by atoms with Crippen molar-refractivity contribution in [2.24, 2.45) is 0 Å². The lowest BCUT2D eigenvalue weighted by molar-refractivity contribution is -0.137. The molecular weight excluding hydrogens is 575 g/mol. The number of amides is 2. The molecule has 0 unspecified atom stereocenters. The van der Waals surface area contributed by atoms with Crippen LogP contribution in [0.5, 0.6) is 23.0 Å². The second-order valence-electron chi connectivity index (χ2n) is 9.94. The van der Waals surface area contributed by atoms with Crippen LogP contribution in [-0.4, -0.2) is 46.0 Å². The summed E-state index contributed by atoms with van der Waals surface area (Å²) in [6.07, 6.45) is 0. The number of fused-ring (bicyclic) bond motifs is 2. The molecule has 6 rings (SSSR count). The Kier molecular flexibility index (Phi) is 8.01. The lowest BCUT2D eigenvalue weighted by Gasteiger charge is -2.31. The van der Waals surface area contributed by atoms with Gasteiger partial charge in [-0.25, -0.2) is 14.4 Å². The van der Waals surface area contributed by atoms with Gasteiger partial charge in [-0.15, -0.1) is 0 Å². The smallest absolute Gasteiger partial charge is 0.251 e. The summed E-state index contributed by atoms with van der Waals surface area (Å²) < 4.78 is 35.7. The molecular formula is C31H27FN4O6S. The molecule has 0 aliphatic carbocycles. The van der Waals surface area contributed by atoms with Crippen molar-refractivity contribution < 1.29 is 32.9 Å². The van der Waals surface area contributed by atoms with E-state index in [9.17, 15) is 14.0 Å². The van der Waals surface area contributed by atoms with Crippen LogP contribution in [0.4, 0.5) is 10.1 Å². The van der Waals surface area contributed by atoms with E-state index in [0.717, 1.165) is 11.4 Å². The van der Waals surface area contributed by atoms with Gasteiger partial charge in [0.2, 0.25) is 19.5 Å². The van der Waals surface area contributed by atoms with Gasteiger partial charge >= 0.3 is 0 Å². The quantitative estimate of drug-likeness (QED) is 0.204. The largest absolute Gasteiger partial charge is 0.454 e. The van der Waals surface area contributed by atoms with Gasteiger partial charge in [0.1, 0.15) is 11.9 Å². The van der Waals surface area contributed by atoms with Gasteiger partial charge in [-0.05, 0) is 67.4 Å². The Bertz CT molecular complexity index is 1670. The maximum Gasteiger partial charge on any atom is 0.251 e. The van der Waals surface area contributed by atoms with Crippen LogP contribution in [0, 0.1) is 19.7 Å². The van der Waals surface area contributed by atoms with Crippen molar-refractivity contribution in [1.29, 1.82) is 0 Å². The van der Waals surface area contributed by atoms with E-state index < -0.39 is 17.8 Å². The van der Waals surface area contributed by atoms with Crippen molar-refractivity contribution in [3.63, 3.8) is 0 Å². The molecule has 0 fully saturated rings. The minimum absolute atomic E-state index is 0.0288. The molecule has 1 atom stereocenters. The highest BCUT2D eigenvalue weighted by atomic mass is 32.2. The number of anilines is 1. The molecule has 0 bridgehead atoms. The number of ether oxygens (including phenoxy) is 4. The number of carbonyl (C=O) groups excluding carboxylic acids is 2. The lowest BCUT2D eigenvalue weighted by atomic mass is 10.0. The fraction of sp³-hybridized carbons (Fsp3) is 0.226. The van der Waals surface area contributed by atoms with Crippen LogP contribution in [0.3, 0.4) is 0 Å². The number of thioether (sulfide) groups is 1. The number of hydrogen-bond acceptors (Lipinski definition) is 9. The number of nitrogens with one attached hydrogen (secondary N) is 1. The van der Waals surface area contributed by atoms with Crippen molar-refractivity contribution in [1.82, 2.24) is 14.9 Å². The zero-order valence-corrected chi connectivity index (χ0v) is 24.2. The molecule has 2 aliphatic heterocycles. The van der Waals surface area contributed by atoms with Crippen molar-refractivity contribution >= 4 is 29.3 Å². The molecule has 2 amide bonds. The summed E-state index contributed by atoms with van der Waals surface area (Å²) in [6.45, 7) is 3.89. The molecule has 3 aromatic carbocycles. The number of rotatable bonds is 9. The number of hydrogen-bond donors (Lipinski definition) is 1. The van der Waals surface area contributed by atoms with Crippen LogP contribution < -0.4 is 24.3 Å². The molecule has 1 aromatic heterocycles. The van der Waals surface area contributed by atoms with E-state index in [0.29, 0.717) is 45.0 Å². The minimum atomic E-state index is -1.10. The second kappa shape index (κ2) is 12.2. The van der Waals surface area contributed by atoms with Crippen molar-refractivity contribution in [3.8, 4) is 23.0 Å². The van der Waals surface area contributed by atoms with Crippen LogP contribution in [0.15, 0.2) is 71.9 Å². The second-order valence-corrected chi connectivity index (χ2v) is 10.9. The Labute approximate surface area is 251 Å². The molecule has 12 heteroatoms. The highest BCUT2D eigenvalue weighted by molar-refractivity contribution is 7.99. The van der Waals surface area contributed by atoms with Gasteiger partial charge in [-0.3, -0.25) is 9.59 Å². The standard InChI is InChI=1S/C31H27FN4O6S/c1-18-11-19(2)34-31(33-18)43-15-28(37)36(14-20-3-6-22(32)7-4-20)29(21-5-9-24-26(12-21)41-16-39-24)30(38)35-23-8-10-25-27(13-23)42-17-40-25/h3-13,29H,14-17H2,1-2H3,(H,35,38)/t29-/m0/s1.